The number of nitrogens with zero attached hydrogens (tertiary/aromatic N) is 2. The SMILES string of the molecule is CC1CN(C(=O)CCC2CCCO2)CCC1=NO. The van der Waals surface area contributed by atoms with Gasteiger partial charge in [0, 0.05) is 38.5 Å². The number of carbonyl (C=O) groups excluding carboxylic acids is 1. The van der Waals surface area contributed by atoms with E-state index in [2.05, 4.69) is 5.16 Å². The molecule has 0 bridgehead atoms. The van der Waals surface area contributed by atoms with Gasteiger partial charge in [-0.3, -0.25) is 4.79 Å². The fourth-order valence-corrected chi connectivity index (χ4v) is 2.71. The summed E-state index contributed by atoms with van der Waals surface area (Å²) in [5.74, 6) is 0.366. The van der Waals surface area contributed by atoms with Crippen molar-refractivity contribution in [3.63, 3.8) is 0 Å². The van der Waals surface area contributed by atoms with E-state index in [1.807, 2.05) is 11.8 Å². The summed E-state index contributed by atoms with van der Waals surface area (Å²) in [4.78, 5) is 13.9. The van der Waals surface area contributed by atoms with E-state index in [9.17, 15) is 4.79 Å². The summed E-state index contributed by atoms with van der Waals surface area (Å²) in [5.41, 5.74) is 0.804. The first-order valence-corrected chi connectivity index (χ1v) is 6.81. The Bertz CT molecular complexity index is 324. The van der Waals surface area contributed by atoms with E-state index in [0.717, 1.165) is 31.6 Å². The maximum absolute atomic E-state index is 12.1. The van der Waals surface area contributed by atoms with Crippen LogP contribution in [-0.2, 0) is 9.53 Å². The molecule has 2 aliphatic heterocycles. The second-order valence-electron chi connectivity index (χ2n) is 5.26. The van der Waals surface area contributed by atoms with Crippen LogP contribution in [0.5, 0.6) is 0 Å². The smallest absolute Gasteiger partial charge is 0.222 e. The minimum atomic E-state index is 0.162. The highest BCUT2D eigenvalue weighted by molar-refractivity contribution is 5.89. The molecule has 2 unspecified atom stereocenters. The molecule has 2 rings (SSSR count). The first-order valence-electron chi connectivity index (χ1n) is 6.81. The van der Waals surface area contributed by atoms with Crippen molar-refractivity contribution in [3.05, 3.63) is 0 Å². The van der Waals surface area contributed by atoms with Gasteiger partial charge < -0.3 is 14.8 Å². The van der Waals surface area contributed by atoms with Gasteiger partial charge in [0.15, 0.2) is 0 Å². The van der Waals surface area contributed by atoms with E-state index >= 15 is 0 Å². The molecular formula is C13H22N2O3. The molecule has 5 nitrogen and oxygen atoms in total. The number of oxime groups is 1. The number of piperidine rings is 1. The van der Waals surface area contributed by atoms with Crippen LogP contribution >= 0.6 is 0 Å². The standard InChI is InChI=1S/C13H22N2O3/c1-10-9-15(7-6-12(10)14-17)13(16)5-4-11-3-2-8-18-11/h10-11,17H,2-9H2,1H3. The fourth-order valence-electron chi connectivity index (χ4n) is 2.71. The van der Waals surface area contributed by atoms with E-state index in [0.29, 0.717) is 25.9 Å². The van der Waals surface area contributed by atoms with E-state index in [1.165, 1.54) is 0 Å². The van der Waals surface area contributed by atoms with Gasteiger partial charge in [0.1, 0.15) is 0 Å². The van der Waals surface area contributed by atoms with Crippen LogP contribution in [0.1, 0.15) is 39.0 Å². The Labute approximate surface area is 108 Å². The van der Waals surface area contributed by atoms with Crippen LogP contribution in [0.25, 0.3) is 0 Å². The van der Waals surface area contributed by atoms with Crippen LogP contribution in [0.15, 0.2) is 5.16 Å². The molecule has 1 amide bonds. The molecule has 102 valence electrons. The maximum Gasteiger partial charge on any atom is 0.222 e. The highest BCUT2D eigenvalue weighted by Gasteiger charge is 2.26. The molecule has 0 aromatic carbocycles. The lowest BCUT2D eigenvalue weighted by Crippen LogP contribution is -2.43. The molecular weight excluding hydrogens is 232 g/mol. The monoisotopic (exact) mass is 254 g/mol. The number of amides is 1. The number of likely N-dealkylation sites (tertiary alicyclic amines) is 1. The summed E-state index contributed by atoms with van der Waals surface area (Å²) in [7, 11) is 0. The first-order chi connectivity index (χ1) is 8.70. The largest absolute Gasteiger partial charge is 0.411 e. The van der Waals surface area contributed by atoms with Gasteiger partial charge in [-0.25, -0.2) is 0 Å². The van der Waals surface area contributed by atoms with Gasteiger partial charge in [-0.2, -0.15) is 0 Å². The Balaban J connectivity index is 1.75. The van der Waals surface area contributed by atoms with Gasteiger partial charge in [-0.1, -0.05) is 12.1 Å². The zero-order valence-electron chi connectivity index (χ0n) is 11.0. The molecule has 0 aromatic rings. The van der Waals surface area contributed by atoms with E-state index in [4.69, 9.17) is 9.94 Å². The molecule has 1 N–H and O–H groups in total. The van der Waals surface area contributed by atoms with E-state index in [-0.39, 0.29) is 17.9 Å². The Morgan fingerprint density at radius 1 is 1.61 bits per heavy atom. The second kappa shape index (κ2) is 6.18. The van der Waals surface area contributed by atoms with Gasteiger partial charge in [-0.15, -0.1) is 0 Å². The summed E-state index contributed by atoms with van der Waals surface area (Å²) in [6.07, 6.45) is 4.59. The predicted octanol–water partition coefficient (Wildman–Crippen LogP) is 1.64. The maximum atomic E-state index is 12.1. The summed E-state index contributed by atoms with van der Waals surface area (Å²) in [6, 6.07) is 0. The summed E-state index contributed by atoms with van der Waals surface area (Å²) >= 11 is 0. The molecule has 0 spiro atoms. The lowest BCUT2D eigenvalue weighted by atomic mass is 9.97. The lowest BCUT2D eigenvalue weighted by Gasteiger charge is -2.31. The van der Waals surface area contributed by atoms with Gasteiger partial charge in [0.25, 0.3) is 0 Å². The molecule has 0 radical (unpaired) electrons. The zero-order valence-corrected chi connectivity index (χ0v) is 11.0. The van der Waals surface area contributed by atoms with Crippen molar-refractivity contribution < 1.29 is 14.7 Å². The highest BCUT2D eigenvalue weighted by Crippen LogP contribution is 2.19. The van der Waals surface area contributed by atoms with Crippen molar-refractivity contribution in [3.8, 4) is 0 Å². The first kappa shape index (κ1) is 13.3. The van der Waals surface area contributed by atoms with Crippen molar-refractivity contribution in [1.29, 1.82) is 0 Å². The third-order valence-corrected chi connectivity index (χ3v) is 3.89. The number of carbonyl (C=O) groups is 1. The summed E-state index contributed by atoms with van der Waals surface area (Å²) in [6.45, 7) is 4.18. The Hall–Kier alpha value is -1.10. The number of ether oxygens (including phenoxy) is 1. The molecule has 5 heteroatoms. The molecule has 2 heterocycles. The van der Waals surface area contributed by atoms with Crippen LogP contribution in [0.4, 0.5) is 0 Å². The molecule has 2 saturated heterocycles. The minimum absolute atomic E-state index is 0.162. The second-order valence-corrected chi connectivity index (χ2v) is 5.26. The van der Waals surface area contributed by atoms with Gasteiger partial charge >= 0.3 is 0 Å². The Morgan fingerprint density at radius 3 is 3.06 bits per heavy atom. The predicted molar refractivity (Wildman–Crippen MR) is 67.8 cm³/mol. The average Bonchev–Trinajstić information content (AvgIpc) is 2.89. The van der Waals surface area contributed by atoms with Gasteiger partial charge in [0.2, 0.25) is 5.91 Å². The number of rotatable bonds is 3. The van der Waals surface area contributed by atoms with Crippen molar-refractivity contribution >= 4 is 11.6 Å². The van der Waals surface area contributed by atoms with Crippen molar-refractivity contribution in [1.82, 2.24) is 4.90 Å². The van der Waals surface area contributed by atoms with E-state index < -0.39 is 0 Å². The summed E-state index contributed by atoms with van der Waals surface area (Å²) < 4.78 is 5.52. The molecule has 0 aliphatic carbocycles. The number of hydrogen-bond acceptors (Lipinski definition) is 4. The van der Waals surface area contributed by atoms with Crippen molar-refractivity contribution in [2.75, 3.05) is 19.7 Å². The molecule has 2 atom stereocenters. The van der Waals surface area contributed by atoms with Gasteiger partial charge in [-0.05, 0) is 19.3 Å². The van der Waals surface area contributed by atoms with Crippen LogP contribution in [-0.4, -0.2) is 47.5 Å². The number of hydrogen-bond donors (Lipinski definition) is 1. The average molecular weight is 254 g/mol. The van der Waals surface area contributed by atoms with Crippen molar-refractivity contribution in [2.24, 2.45) is 11.1 Å². The lowest BCUT2D eigenvalue weighted by molar-refractivity contribution is -0.132. The molecule has 0 aromatic heterocycles. The fraction of sp³-hybridized carbons (Fsp3) is 0.846. The minimum Gasteiger partial charge on any atom is -0.411 e. The Morgan fingerprint density at radius 2 is 2.44 bits per heavy atom. The van der Waals surface area contributed by atoms with E-state index in [1.54, 1.807) is 0 Å². The van der Waals surface area contributed by atoms with Crippen LogP contribution < -0.4 is 0 Å². The Kier molecular flexibility index (Phi) is 4.58. The topological polar surface area (TPSA) is 62.1 Å². The van der Waals surface area contributed by atoms with Crippen LogP contribution in [0, 0.1) is 5.92 Å². The van der Waals surface area contributed by atoms with Crippen LogP contribution in [0.3, 0.4) is 0 Å². The zero-order chi connectivity index (χ0) is 13.0. The molecule has 2 fully saturated rings. The quantitative estimate of drug-likeness (QED) is 0.615. The molecule has 0 saturated carbocycles. The normalized spacial score (nSPS) is 30.9. The third-order valence-electron chi connectivity index (χ3n) is 3.89. The summed E-state index contributed by atoms with van der Waals surface area (Å²) in [5, 5.41) is 12.1. The van der Waals surface area contributed by atoms with Crippen molar-refractivity contribution in [2.45, 2.75) is 45.1 Å². The molecule has 18 heavy (non-hydrogen) atoms. The third kappa shape index (κ3) is 3.22. The van der Waals surface area contributed by atoms with Gasteiger partial charge in [0.05, 0.1) is 11.8 Å². The highest BCUT2D eigenvalue weighted by atomic mass is 16.5. The van der Waals surface area contributed by atoms with Crippen LogP contribution in [0.2, 0.25) is 0 Å². The molecule has 2 aliphatic rings.